The van der Waals surface area contributed by atoms with Crippen LogP contribution in [0.3, 0.4) is 0 Å². The first-order chi connectivity index (χ1) is 13.4. The summed E-state index contributed by atoms with van der Waals surface area (Å²) < 4.78 is 5.49. The summed E-state index contributed by atoms with van der Waals surface area (Å²) in [4.78, 5) is 14.4. The Morgan fingerprint density at radius 1 is 1.03 bits per heavy atom. The standard InChI is InChI=1S/C24H31NO3.ClH.H2O/c1-18-7-11-20(12-8-18)23(26)28-21-13-9-19(10-14-21)17-22(25(2)3)24(27)15-5-4-6-16-24;;/h7-14,22,27H,4-6,15-17H2,1-3H3;1H;1H2. The molecule has 2 aromatic carbocycles. The lowest BCUT2D eigenvalue weighted by atomic mass is 9.77. The molecular weight excluding hydrogens is 402 g/mol. The summed E-state index contributed by atoms with van der Waals surface area (Å²) >= 11 is 0. The molecule has 0 saturated heterocycles. The van der Waals surface area contributed by atoms with Crippen LogP contribution in [0.2, 0.25) is 0 Å². The van der Waals surface area contributed by atoms with Crippen molar-refractivity contribution in [3.05, 3.63) is 65.2 Å². The normalized spacial score (nSPS) is 16.2. The van der Waals surface area contributed by atoms with Crippen LogP contribution in [0.4, 0.5) is 0 Å². The zero-order valence-electron chi connectivity index (χ0n) is 18.1. The van der Waals surface area contributed by atoms with Crippen molar-refractivity contribution in [3.8, 4) is 5.75 Å². The summed E-state index contributed by atoms with van der Waals surface area (Å²) in [7, 11) is 4.07. The summed E-state index contributed by atoms with van der Waals surface area (Å²) in [6.45, 7) is 1.98. The third-order valence-electron chi connectivity index (χ3n) is 5.81. The van der Waals surface area contributed by atoms with Crippen molar-refractivity contribution in [2.75, 3.05) is 14.1 Å². The van der Waals surface area contributed by atoms with E-state index in [2.05, 4.69) is 4.90 Å². The molecule has 0 amide bonds. The maximum Gasteiger partial charge on any atom is 0.343 e. The molecule has 0 aliphatic heterocycles. The third-order valence-corrected chi connectivity index (χ3v) is 5.81. The lowest BCUT2D eigenvalue weighted by molar-refractivity contribution is -0.0601. The maximum absolute atomic E-state index is 12.3. The molecule has 1 fully saturated rings. The van der Waals surface area contributed by atoms with Crippen molar-refractivity contribution in [3.63, 3.8) is 0 Å². The fraction of sp³-hybridized carbons (Fsp3) is 0.458. The van der Waals surface area contributed by atoms with Gasteiger partial charge >= 0.3 is 5.97 Å². The molecule has 1 atom stereocenters. The van der Waals surface area contributed by atoms with E-state index in [0.29, 0.717) is 11.3 Å². The monoisotopic (exact) mass is 435 g/mol. The number of carbonyl (C=O) groups excluding carboxylic acids is 1. The number of hydrogen-bond acceptors (Lipinski definition) is 4. The van der Waals surface area contributed by atoms with Crippen LogP contribution in [0.15, 0.2) is 48.5 Å². The number of carbonyl (C=O) groups is 1. The Labute approximate surface area is 185 Å². The van der Waals surface area contributed by atoms with Gasteiger partial charge in [-0.3, -0.25) is 0 Å². The smallest absolute Gasteiger partial charge is 0.343 e. The number of likely N-dealkylation sites (N-methyl/N-ethyl adjacent to an activating group) is 1. The highest BCUT2D eigenvalue weighted by atomic mass is 35.5. The van der Waals surface area contributed by atoms with Gasteiger partial charge in [0.05, 0.1) is 11.2 Å². The van der Waals surface area contributed by atoms with Gasteiger partial charge in [-0.2, -0.15) is 0 Å². The van der Waals surface area contributed by atoms with E-state index < -0.39 is 5.60 Å². The maximum atomic E-state index is 12.3. The quantitative estimate of drug-likeness (QED) is 0.549. The van der Waals surface area contributed by atoms with Gasteiger partial charge in [-0.1, -0.05) is 49.1 Å². The van der Waals surface area contributed by atoms with E-state index in [-0.39, 0.29) is 29.9 Å². The van der Waals surface area contributed by atoms with Crippen LogP contribution in [-0.4, -0.2) is 47.2 Å². The number of ether oxygens (including phenoxy) is 1. The van der Waals surface area contributed by atoms with Crippen LogP contribution in [-0.2, 0) is 6.42 Å². The fourth-order valence-electron chi connectivity index (χ4n) is 4.12. The van der Waals surface area contributed by atoms with E-state index in [1.165, 1.54) is 6.42 Å². The Morgan fingerprint density at radius 2 is 1.60 bits per heavy atom. The lowest BCUT2D eigenvalue weighted by Gasteiger charge is -2.42. The first kappa shape index (κ1) is 26.1. The van der Waals surface area contributed by atoms with Crippen LogP contribution >= 0.6 is 12.4 Å². The molecule has 0 radical (unpaired) electrons. The topological polar surface area (TPSA) is 81.3 Å². The number of aryl methyl sites for hydroxylation is 1. The number of hydrogen-bond donors (Lipinski definition) is 1. The van der Waals surface area contributed by atoms with Crippen LogP contribution in [0, 0.1) is 6.92 Å². The second-order valence-electron chi connectivity index (χ2n) is 8.25. The number of halogens is 1. The van der Waals surface area contributed by atoms with Gasteiger partial charge in [-0.15, -0.1) is 12.4 Å². The van der Waals surface area contributed by atoms with Crippen LogP contribution in [0.25, 0.3) is 0 Å². The van der Waals surface area contributed by atoms with Crippen LogP contribution < -0.4 is 4.74 Å². The molecule has 3 rings (SSSR count). The predicted molar refractivity (Wildman–Crippen MR) is 123 cm³/mol. The highest BCUT2D eigenvalue weighted by Gasteiger charge is 2.38. The molecule has 1 saturated carbocycles. The second kappa shape index (κ2) is 11.5. The Hall–Kier alpha value is -1.92. The molecule has 0 heterocycles. The number of aliphatic hydroxyl groups is 1. The van der Waals surface area contributed by atoms with Crippen LogP contribution in [0.1, 0.15) is 53.6 Å². The van der Waals surface area contributed by atoms with E-state index in [9.17, 15) is 9.90 Å². The summed E-state index contributed by atoms with van der Waals surface area (Å²) in [5.74, 6) is 0.183. The fourth-order valence-corrected chi connectivity index (χ4v) is 4.12. The molecular formula is C24H34ClNO4. The molecule has 0 spiro atoms. The van der Waals surface area contributed by atoms with E-state index in [1.54, 1.807) is 12.1 Å². The minimum atomic E-state index is -0.627. The molecule has 6 heteroatoms. The Morgan fingerprint density at radius 3 is 2.13 bits per heavy atom. The number of benzene rings is 2. The summed E-state index contributed by atoms with van der Waals surface area (Å²) in [6, 6.07) is 15.1. The van der Waals surface area contributed by atoms with E-state index in [1.807, 2.05) is 57.4 Å². The second-order valence-corrected chi connectivity index (χ2v) is 8.25. The largest absolute Gasteiger partial charge is 0.423 e. The van der Waals surface area contributed by atoms with Crippen LogP contribution in [0.5, 0.6) is 5.75 Å². The highest BCUT2D eigenvalue weighted by molar-refractivity contribution is 5.91. The molecule has 166 valence electrons. The minimum Gasteiger partial charge on any atom is -0.423 e. The molecule has 1 aliphatic carbocycles. The number of esters is 1. The van der Waals surface area contributed by atoms with Crippen molar-refractivity contribution in [1.82, 2.24) is 4.90 Å². The molecule has 30 heavy (non-hydrogen) atoms. The van der Waals surface area contributed by atoms with Gasteiger partial charge in [0, 0.05) is 6.04 Å². The van der Waals surface area contributed by atoms with E-state index in [4.69, 9.17) is 4.74 Å². The zero-order valence-corrected chi connectivity index (χ0v) is 18.9. The van der Waals surface area contributed by atoms with E-state index >= 15 is 0 Å². The first-order valence-electron chi connectivity index (χ1n) is 10.1. The van der Waals surface area contributed by atoms with Gasteiger partial charge in [-0.25, -0.2) is 4.79 Å². The van der Waals surface area contributed by atoms with Gasteiger partial charge < -0.3 is 20.2 Å². The average Bonchev–Trinajstić information content (AvgIpc) is 2.68. The van der Waals surface area contributed by atoms with Gasteiger partial charge in [0.2, 0.25) is 0 Å². The van der Waals surface area contributed by atoms with Crippen molar-refractivity contribution >= 4 is 18.4 Å². The third kappa shape index (κ3) is 6.54. The van der Waals surface area contributed by atoms with Crippen molar-refractivity contribution in [2.24, 2.45) is 0 Å². The molecule has 0 aromatic heterocycles. The number of rotatable bonds is 6. The molecule has 0 bridgehead atoms. The molecule has 3 N–H and O–H groups in total. The van der Waals surface area contributed by atoms with Gasteiger partial charge in [0.15, 0.2) is 0 Å². The Balaban J connectivity index is 0.00000225. The average molecular weight is 436 g/mol. The Kier molecular flexibility index (Phi) is 9.98. The van der Waals surface area contributed by atoms with Crippen molar-refractivity contribution < 1.29 is 20.1 Å². The molecule has 2 aromatic rings. The highest BCUT2D eigenvalue weighted by Crippen LogP contribution is 2.34. The first-order valence-corrected chi connectivity index (χ1v) is 10.1. The van der Waals surface area contributed by atoms with Gasteiger partial charge in [0.25, 0.3) is 0 Å². The predicted octanol–water partition coefficient (Wildman–Crippen LogP) is 3.98. The molecule has 1 aliphatic rings. The molecule has 1 unspecified atom stereocenters. The SMILES string of the molecule is Cc1ccc(C(=O)Oc2ccc(CC(N(C)C)C3(O)CCCCC3)cc2)cc1.Cl.O. The number of nitrogens with zero attached hydrogens (tertiary/aromatic N) is 1. The summed E-state index contributed by atoms with van der Waals surface area (Å²) in [5, 5.41) is 11.2. The van der Waals surface area contributed by atoms with Gasteiger partial charge in [0.1, 0.15) is 5.75 Å². The van der Waals surface area contributed by atoms with Crippen molar-refractivity contribution in [2.45, 2.75) is 57.1 Å². The summed E-state index contributed by atoms with van der Waals surface area (Å²) in [5.41, 5.74) is 2.16. The lowest BCUT2D eigenvalue weighted by Crippen LogP contribution is -2.52. The molecule has 5 nitrogen and oxygen atoms in total. The zero-order chi connectivity index (χ0) is 20.1. The van der Waals surface area contributed by atoms with Gasteiger partial charge in [-0.05, 0) is 70.1 Å². The van der Waals surface area contributed by atoms with Crippen molar-refractivity contribution in [1.29, 1.82) is 0 Å². The summed E-state index contributed by atoms with van der Waals surface area (Å²) in [6.07, 6.45) is 5.90. The minimum absolute atomic E-state index is 0. The van der Waals surface area contributed by atoms with E-state index in [0.717, 1.165) is 43.2 Å². The Bertz CT molecular complexity index is 784.